The van der Waals surface area contributed by atoms with E-state index >= 15 is 0 Å². The van der Waals surface area contributed by atoms with Crippen molar-refractivity contribution in [2.24, 2.45) is 0 Å². The maximum Gasteiger partial charge on any atom is 0.237 e. The van der Waals surface area contributed by atoms with Crippen LogP contribution in [0.1, 0.15) is 49.8 Å². The van der Waals surface area contributed by atoms with E-state index in [0.29, 0.717) is 17.7 Å². The first kappa shape index (κ1) is 18.0. The first-order chi connectivity index (χ1) is 14.2. The van der Waals surface area contributed by atoms with Gasteiger partial charge in [0.1, 0.15) is 6.10 Å². The van der Waals surface area contributed by atoms with Gasteiger partial charge in [-0.05, 0) is 30.9 Å². The summed E-state index contributed by atoms with van der Waals surface area (Å²) in [7, 11) is 0. The summed E-state index contributed by atoms with van der Waals surface area (Å²) in [5, 5.41) is 19.0. The number of H-pyrrole nitrogens is 1. The Kier molecular flexibility index (Phi) is 4.59. The fraction of sp³-hybridized carbons (Fsp3) is 0.350. The van der Waals surface area contributed by atoms with E-state index < -0.39 is 0 Å². The molecule has 2 N–H and O–H groups in total. The van der Waals surface area contributed by atoms with Crippen molar-refractivity contribution in [2.45, 2.75) is 44.6 Å². The highest BCUT2D eigenvalue weighted by molar-refractivity contribution is 7.17. The molecule has 0 bridgehead atoms. The second kappa shape index (κ2) is 7.40. The third kappa shape index (κ3) is 3.53. The Morgan fingerprint density at radius 1 is 1.21 bits per heavy atom. The van der Waals surface area contributed by atoms with Gasteiger partial charge in [-0.3, -0.25) is 5.10 Å². The van der Waals surface area contributed by atoms with Gasteiger partial charge < -0.3 is 10.1 Å². The monoisotopic (exact) mass is 407 g/mol. The third-order valence-corrected chi connectivity index (χ3v) is 6.09. The molecule has 1 saturated carbocycles. The number of aromatic nitrogens is 6. The van der Waals surface area contributed by atoms with Crippen LogP contribution in [0.5, 0.6) is 5.88 Å². The van der Waals surface area contributed by atoms with E-state index in [1.54, 1.807) is 23.7 Å². The summed E-state index contributed by atoms with van der Waals surface area (Å²) in [4.78, 5) is 8.74. The van der Waals surface area contributed by atoms with Gasteiger partial charge in [-0.15, -0.1) is 16.4 Å². The quantitative estimate of drug-likeness (QED) is 0.488. The summed E-state index contributed by atoms with van der Waals surface area (Å²) >= 11 is 1.56. The van der Waals surface area contributed by atoms with Crippen molar-refractivity contribution in [2.75, 3.05) is 5.32 Å². The summed E-state index contributed by atoms with van der Waals surface area (Å²) in [6.07, 6.45) is 5.48. The van der Waals surface area contributed by atoms with Crippen molar-refractivity contribution < 1.29 is 4.74 Å². The summed E-state index contributed by atoms with van der Waals surface area (Å²) in [5.41, 5.74) is 4.96. The molecule has 29 heavy (non-hydrogen) atoms. The zero-order valence-electron chi connectivity index (χ0n) is 16.2. The number of ether oxygens (including phenoxy) is 1. The average Bonchev–Trinajstić information content (AvgIpc) is 3.34. The minimum absolute atomic E-state index is 0.154. The van der Waals surface area contributed by atoms with E-state index in [1.165, 1.54) is 0 Å². The normalized spacial score (nSPS) is 18.7. The molecular formula is C20H21N7OS. The predicted molar refractivity (Wildman–Crippen MR) is 112 cm³/mol. The van der Waals surface area contributed by atoms with Crippen LogP contribution in [-0.2, 0) is 0 Å². The minimum Gasteiger partial charge on any atom is -0.473 e. The van der Waals surface area contributed by atoms with Crippen LogP contribution >= 0.6 is 11.3 Å². The Balaban J connectivity index is 1.22. The highest BCUT2D eigenvalue weighted by atomic mass is 32.1. The van der Waals surface area contributed by atoms with Gasteiger partial charge in [0.05, 0.1) is 21.9 Å². The van der Waals surface area contributed by atoms with Crippen LogP contribution < -0.4 is 10.1 Å². The van der Waals surface area contributed by atoms with E-state index in [2.05, 4.69) is 49.5 Å². The van der Waals surface area contributed by atoms with Crippen molar-refractivity contribution in [1.29, 1.82) is 0 Å². The van der Waals surface area contributed by atoms with Gasteiger partial charge in [0.2, 0.25) is 5.88 Å². The Bertz CT molecular complexity index is 1130. The molecule has 4 heterocycles. The molecule has 9 heteroatoms. The molecule has 0 amide bonds. The molecule has 0 saturated heterocycles. The van der Waals surface area contributed by atoms with Crippen LogP contribution in [-0.4, -0.2) is 36.5 Å². The topological polar surface area (TPSA) is 102 Å². The molecule has 1 fully saturated rings. The van der Waals surface area contributed by atoms with Crippen LogP contribution in [0.15, 0.2) is 36.1 Å². The van der Waals surface area contributed by atoms with Crippen molar-refractivity contribution in [3.63, 3.8) is 0 Å². The Labute approximate surface area is 171 Å². The van der Waals surface area contributed by atoms with Crippen molar-refractivity contribution >= 4 is 33.2 Å². The molecule has 5 rings (SSSR count). The zero-order valence-corrected chi connectivity index (χ0v) is 17.0. The molecule has 4 aromatic rings. The number of nitrogens with one attached hydrogen (secondary N) is 2. The highest BCUT2D eigenvalue weighted by Gasteiger charge is 2.34. The molecule has 0 atom stereocenters. The molecule has 148 valence electrons. The van der Waals surface area contributed by atoms with Crippen LogP contribution in [0.2, 0.25) is 0 Å². The van der Waals surface area contributed by atoms with Gasteiger partial charge in [0, 0.05) is 29.4 Å². The standard InChI is InChI=1S/C20H21N7OS/c1-11(2)14-3-6-23-27-20(14)28-13-7-12(8-13)16-9-17(26-25-16)24-19-18-15(4-5-21-19)22-10-29-18/h3-6,9-13H,7-8H2,1-2H3,(H2,21,24,25,26)/t12-,13+. The largest absolute Gasteiger partial charge is 0.473 e. The number of hydrogen-bond donors (Lipinski definition) is 2. The number of rotatable bonds is 6. The first-order valence-electron chi connectivity index (χ1n) is 9.66. The van der Waals surface area contributed by atoms with E-state index in [4.69, 9.17) is 4.74 Å². The van der Waals surface area contributed by atoms with Gasteiger partial charge in [0.15, 0.2) is 11.6 Å². The van der Waals surface area contributed by atoms with Crippen LogP contribution in [0, 0.1) is 0 Å². The van der Waals surface area contributed by atoms with Gasteiger partial charge in [-0.25, -0.2) is 9.97 Å². The maximum absolute atomic E-state index is 6.10. The lowest BCUT2D eigenvalue weighted by molar-refractivity contribution is 0.0894. The number of pyridine rings is 1. The number of anilines is 2. The second-order valence-electron chi connectivity index (χ2n) is 7.55. The van der Waals surface area contributed by atoms with Crippen LogP contribution in [0.3, 0.4) is 0 Å². The Morgan fingerprint density at radius 2 is 2.10 bits per heavy atom. The molecule has 4 aromatic heterocycles. The molecule has 0 unspecified atom stereocenters. The minimum atomic E-state index is 0.154. The van der Waals surface area contributed by atoms with Crippen molar-refractivity contribution in [3.05, 3.63) is 47.4 Å². The molecule has 1 aliphatic rings. The maximum atomic E-state index is 6.10. The number of nitrogens with zero attached hydrogens (tertiary/aromatic N) is 5. The number of thiazole rings is 1. The fourth-order valence-electron chi connectivity index (χ4n) is 3.54. The fourth-order valence-corrected chi connectivity index (χ4v) is 4.27. The summed E-state index contributed by atoms with van der Waals surface area (Å²) in [5.74, 6) is 2.95. The smallest absolute Gasteiger partial charge is 0.237 e. The van der Waals surface area contributed by atoms with E-state index in [0.717, 1.165) is 46.0 Å². The highest BCUT2D eigenvalue weighted by Crippen LogP contribution is 2.40. The predicted octanol–water partition coefficient (Wildman–Crippen LogP) is 4.40. The average molecular weight is 408 g/mol. The second-order valence-corrected chi connectivity index (χ2v) is 8.40. The summed E-state index contributed by atoms with van der Waals surface area (Å²) < 4.78 is 7.12. The lowest BCUT2D eigenvalue weighted by Crippen LogP contribution is -2.33. The van der Waals surface area contributed by atoms with E-state index in [1.807, 2.05) is 23.7 Å². The molecule has 0 spiro atoms. The van der Waals surface area contributed by atoms with Gasteiger partial charge in [-0.1, -0.05) is 13.8 Å². The lowest BCUT2D eigenvalue weighted by Gasteiger charge is -2.34. The van der Waals surface area contributed by atoms with E-state index in [9.17, 15) is 0 Å². The van der Waals surface area contributed by atoms with E-state index in [-0.39, 0.29) is 6.10 Å². The van der Waals surface area contributed by atoms with Gasteiger partial charge in [-0.2, -0.15) is 10.2 Å². The molecular weight excluding hydrogens is 386 g/mol. The molecule has 0 aliphatic heterocycles. The van der Waals surface area contributed by atoms with Crippen LogP contribution in [0.25, 0.3) is 10.2 Å². The zero-order chi connectivity index (χ0) is 19.8. The lowest BCUT2D eigenvalue weighted by atomic mass is 9.80. The summed E-state index contributed by atoms with van der Waals surface area (Å²) in [6.45, 7) is 4.27. The molecule has 1 aliphatic carbocycles. The van der Waals surface area contributed by atoms with Crippen LogP contribution in [0.4, 0.5) is 11.6 Å². The number of hydrogen-bond acceptors (Lipinski definition) is 8. The summed E-state index contributed by atoms with van der Waals surface area (Å²) in [6, 6.07) is 5.93. The van der Waals surface area contributed by atoms with Crippen molar-refractivity contribution in [3.8, 4) is 5.88 Å². The first-order valence-corrected chi connectivity index (χ1v) is 10.5. The molecule has 8 nitrogen and oxygen atoms in total. The third-order valence-electron chi connectivity index (χ3n) is 5.24. The number of aromatic amines is 1. The van der Waals surface area contributed by atoms with Gasteiger partial charge >= 0.3 is 0 Å². The van der Waals surface area contributed by atoms with Gasteiger partial charge in [0.25, 0.3) is 0 Å². The molecule has 0 aromatic carbocycles. The number of fused-ring (bicyclic) bond motifs is 1. The SMILES string of the molecule is CC(C)c1ccnnc1O[C@H]1C[C@@H](c2cc(Nc3nccc4ncsc34)n[nH]2)C1. The van der Waals surface area contributed by atoms with Crippen molar-refractivity contribution in [1.82, 2.24) is 30.4 Å². The molecule has 0 radical (unpaired) electrons. The Hall–Kier alpha value is -3.07. The Morgan fingerprint density at radius 3 is 2.97 bits per heavy atom.